The summed E-state index contributed by atoms with van der Waals surface area (Å²) in [5, 5.41) is 14.4. The number of benzene rings is 1. The fourth-order valence-electron chi connectivity index (χ4n) is 3.42. The monoisotopic (exact) mass is 489 g/mol. The highest BCUT2D eigenvalue weighted by Crippen LogP contribution is 2.15. The molecule has 0 amide bonds. The minimum absolute atomic E-state index is 0.0304. The SMILES string of the molecule is CN(C)Cc1cccc(OCCCNC(N)=C(CCCOCc2ccc(CN(C)C)o2)[N+](=O)[O-])c1. The molecule has 0 unspecified atom stereocenters. The standard InChI is InChI=1S/C25H39N5O5/c1-28(2)17-20-8-5-9-21(16-20)34-15-7-13-27-25(26)24(30(31)32)10-6-14-33-19-23-12-11-22(35-23)18-29(3)4/h5,8-9,11-12,16,27H,6-7,10,13-15,17-19,26H2,1-4H3. The lowest BCUT2D eigenvalue weighted by Gasteiger charge is -2.12. The van der Waals surface area contributed by atoms with E-state index in [0.29, 0.717) is 39.2 Å². The Hall–Kier alpha value is -3.08. The van der Waals surface area contributed by atoms with Crippen LogP contribution in [0.15, 0.2) is 52.3 Å². The molecule has 0 aliphatic carbocycles. The topological polar surface area (TPSA) is 119 Å². The van der Waals surface area contributed by atoms with Crippen molar-refractivity contribution in [1.82, 2.24) is 15.1 Å². The van der Waals surface area contributed by atoms with Crippen LogP contribution in [-0.4, -0.2) is 62.7 Å². The van der Waals surface area contributed by atoms with Crippen molar-refractivity contribution in [3.05, 3.63) is 75.1 Å². The van der Waals surface area contributed by atoms with Gasteiger partial charge in [0.05, 0.1) is 18.1 Å². The van der Waals surface area contributed by atoms with Gasteiger partial charge in [-0.05, 0) is 70.9 Å². The molecule has 0 bridgehead atoms. The van der Waals surface area contributed by atoms with Crippen molar-refractivity contribution in [2.75, 3.05) is 47.9 Å². The Bertz CT molecular complexity index is 942. The maximum atomic E-state index is 11.4. The number of rotatable bonds is 17. The number of ether oxygens (including phenoxy) is 2. The van der Waals surface area contributed by atoms with E-state index in [1.165, 1.54) is 5.56 Å². The Morgan fingerprint density at radius 3 is 2.51 bits per heavy atom. The van der Waals surface area contributed by atoms with Gasteiger partial charge in [0.25, 0.3) is 5.70 Å². The summed E-state index contributed by atoms with van der Waals surface area (Å²) in [6, 6.07) is 11.8. The molecule has 2 aromatic rings. The van der Waals surface area contributed by atoms with Crippen LogP contribution >= 0.6 is 0 Å². The highest BCUT2D eigenvalue weighted by Gasteiger charge is 2.16. The van der Waals surface area contributed by atoms with Crippen molar-refractivity contribution in [2.45, 2.75) is 39.0 Å². The van der Waals surface area contributed by atoms with Crippen molar-refractivity contribution in [3.63, 3.8) is 0 Å². The van der Waals surface area contributed by atoms with Gasteiger partial charge in [-0.3, -0.25) is 10.1 Å². The molecule has 1 aromatic carbocycles. The highest BCUT2D eigenvalue weighted by molar-refractivity contribution is 5.28. The average Bonchev–Trinajstić information content (AvgIpc) is 3.21. The van der Waals surface area contributed by atoms with Crippen LogP contribution < -0.4 is 15.8 Å². The smallest absolute Gasteiger partial charge is 0.285 e. The van der Waals surface area contributed by atoms with E-state index in [4.69, 9.17) is 19.6 Å². The van der Waals surface area contributed by atoms with Crippen molar-refractivity contribution < 1.29 is 18.8 Å². The molecule has 194 valence electrons. The van der Waals surface area contributed by atoms with E-state index in [2.05, 4.69) is 16.3 Å². The van der Waals surface area contributed by atoms with Gasteiger partial charge in [-0.1, -0.05) is 12.1 Å². The van der Waals surface area contributed by atoms with E-state index < -0.39 is 4.92 Å². The second kappa shape index (κ2) is 15.0. The maximum Gasteiger partial charge on any atom is 0.285 e. The lowest BCUT2D eigenvalue weighted by atomic mass is 10.2. The second-order valence-corrected chi connectivity index (χ2v) is 8.89. The van der Waals surface area contributed by atoms with Gasteiger partial charge in [0.15, 0.2) is 5.82 Å². The summed E-state index contributed by atoms with van der Waals surface area (Å²) >= 11 is 0. The van der Waals surface area contributed by atoms with E-state index in [-0.39, 0.29) is 17.9 Å². The van der Waals surface area contributed by atoms with Crippen LogP contribution in [0.2, 0.25) is 0 Å². The third-order valence-corrected chi connectivity index (χ3v) is 4.97. The number of hydrogen-bond donors (Lipinski definition) is 2. The predicted molar refractivity (Wildman–Crippen MR) is 135 cm³/mol. The molecule has 0 saturated carbocycles. The maximum absolute atomic E-state index is 11.4. The van der Waals surface area contributed by atoms with E-state index in [0.717, 1.165) is 30.4 Å². The molecular formula is C25H39N5O5. The number of allylic oxidation sites excluding steroid dienone is 1. The van der Waals surface area contributed by atoms with Crippen LogP contribution in [-0.2, 0) is 24.4 Å². The van der Waals surface area contributed by atoms with Gasteiger partial charge >= 0.3 is 0 Å². The van der Waals surface area contributed by atoms with Crippen LogP contribution in [0.25, 0.3) is 0 Å². The van der Waals surface area contributed by atoms with E-state index >= 15 is 0 Å². The lowest BCUT2D eigenvalue weighted by Crippen LogP contribution is -2.26. The zero-order chi connectivity index (χ0) is 25.6. The molecule has 0 fully saturated rings. The summed E-state index contributed by atoms with van der Waals surface area (Å²) in [5.41, 5.74) is 7.09. The first-order valence-electron chi connectivity index (χ1n) is 11.8. The number of hydrogen-bond acceptors (Lipinski definition) is 9. The van der Waals surface area contributed by atoms with E-state index in [9.17, 15) is 10.1 Å². The molecule has 0 radical (unpaired) electrons. The van der Waals surface area contributed by atoms with Gasteiger partial charge in [0, 0.05) is 26.1 Å². The zero-order valence-electron chi connectivity index (χ0n) is 21.3. The minimum Gasteiger partial charge on any atom is -0.494 e. The first-order valence-corrected chi connectivity index (χ1v) is 11.8. The molecule has 0 atom stereocenters. The third-order valence-electron chi connectivity index (χ3n) is 4.97. The predicted octanol–water partition coefficient (Wildman–Crippen LogP) is 3.16. The van der Waals surface area contributed by atoms with Crippen LogP contribution in [0, 0.1) is 10.1 Å². The molecule has 0 aliphatic heterocycles. The fourth-order valence-corrected chi connectivity index (χ4v) is 3.42. The van der Waals surface area contributed by atoms with Gasteiger partial charge < -0.3 is 34.7 Å². The summed E-state index contributed by atoms with van der Waals surface area (Å²) in [4.78, 5) is 15.1. The van der Waals surface area contributed by atoms with Crippen LogP contribution in [0.4, 0.5) is 0 Å². The minimum atomic E-state index is -0.435. The first kappa shape index (κ1) is 28.2. The molecule has 1 heterocycles. The number of furan rings is 1. The van der Waals surface area contributed by atoms with Crippen molar-refractivity contribution in [2.24, 2.45) is 5.73 Å². The molecule has 3 N–H and O–H groups in total. The Kier molecular flexibility index (Phi) is 12.1. The molecule has 0 aliphatic rings. The van der Waals surface area contributed by atoms with Gasteiger partial charge in [-0.2, -0.15) is 0 Å². The summed E-state index contributed by atoms with van der Waals surface area (Å²) in [6.45, 7) is 3.22. The molecule has 1 aromatic heterocycles. The number of nitro groups is 1. The van der Waals surface area contributed by atoms with Crippen molar-refractivity contribution in [1.29, 1.82) is 0 Å². The normalized spacial score (nSPS) is 12.2. The summed E-state index contributed by atoms with van der Waals surface area (Å²) in [7, 11) is 7.98. The lowest BCUT2D eigenvalue weighted by molar-refractivity contribution is -0.429. The second-order valence-electron chi connectivity index (χ2n) is 8.89. The molecular weight excluding hydrogens is 450 g/mol. The van der Waals surface area contributed by atoms with E-state index in [1.54, 1.807) is 0 Å². The number of nitrogens with two attached hydrogens (primary N) is 1. The third kappa shape index (κ3) is 11.3. The molecule has 10 heteroatoms. The summed E-state index contributed by atoms with van der Waals surface area (Å²) in [5.74, 6) is 2.50. The molecule has 0 saturated heterocycles. The number of nitrogens with one attached hydrogen (secondary N) is 1. The molecule has 0 spiro atoms. The first-order chi connectivity index (χ1) is 16.7. The molecule has 10 nitrogen and oxygen atoms in total. The average molecular weight is 490 g/mol. The quantitative estimate of drug-likeness (QED) is 0.196. The van der Waals surface area contributed by atoms with Gasteiger partial charge in [-0.25, -0.2) is 0 Å². The largest absolute Gasteiger partial charge is 0.494 e. The Morgan fingerprint density at radius 2 is 1.80 bits per heavy atom. The van der Waals surface area contributed by atoms with Gasteiger partial charge in [0.1, 0.15) is 23.9 Å². The molecule has 35 heavy (non-hydrogen) atoms. The van der Waals surface area contributed by atoms with Gasteiger partial charge in [-0.15, -0.1) is 0 Å². The molecule has 2 rings (SSSR count). The summed E-state index contributed by atoms with van der Waals surface area (Å²) < 4.78 is 17.1. The van der Waals surface area contributed by atoms with Crippen LogP contribution in [0.3, 0.4) is 0 Å². The zero-order valence-corrected chi connectivity index (χ0v) is 21.3. The summed E-state index contributed by atoms with van der Waals surface area (Å²) in [6.07, 6.45) is 1.35. The Labute approximate surface area is 207 Å². The van der Waals surface area contributed by atoms with E-state index in [1.807, 2.05) is 63.4 Å². The van der Waals surface area contributed by atoms with Crippen LogP contribution in [0.5, 0.6) is 5.75 Å². The highest BCUT2D eigenvalue weighted by atomic mass is 16.6. The van der Waals surface area contributed by atoms with Crippen molar-refractivity contribution >= 4 is 0 Å². The van der Waals surface area contributed by atoms with Gasteiger partial charge in [0.2, 0.25) is 0 Å². The Balaban J connectivity index is 1.67. The Morgan fingerprint density at radius 1 is 1.06 bits per heavy atom. The fraction of sp³-hybridized carbons (Fsp3) is 0.520. The van der Waals surface area contributed by atoms with Crippen LogP contribution in [0.1, 0.15) is 36.3 Å². The van der Waals surface area contributed by atoms with Crippen molar-refractivity contribution in [3.8, 4) is 5.75 Å². The number of nitrogens with zero attached hydrogens (tertiary/aromatic N) is 3.